The van der Waals surface area contributed by atoms with Crippen LogP contribution in [0.15, 0.2) is 67.3 Å². The molecule has 2 aromatic heterocycles. The molecule has 1 radical (unpaired) electrons. The van der Waals surface area contributed by atoms with E-state index in [9.17, 15) is 0 Å². The summed E-state index contributed by atoms with van der Waals surface area (Å²) in [5.74, 6) is 0.760. The summed E-state index contributed by atoms with van der Waals surface area (Å²) in [6, 6.07) is 21.9. The van der Waals surface area contributed by atoms with Crippen LogP contribution in [0.3, 0.4) is 0 Å². The van der Waals surface area contributed by atoms with Crippen molar-refractivity contribution in [2.75, 3.05) is 0 Å². The second kappa shape index (κ2) is 7.98. The molecule has 0 saturated heterocycles. The third kappa shape index (κ3) is 3.38. The molecule has 0 amide bonds. The zero-order chi connectivity index (χ0) is 20.0. The Kier molecular flexibility index (Phi) is 5.37. The molecule has 5 nitrogen and oxygen atoms in total. The van der Waals surface area contributed by atoms with Gasteiger partial charge in [-0.15, -0.1) is 28.9 Å². The molecule has 151 valence electrons. The van der Waals surface area contributed by atoms with E-state index in [1.165, 1.54) is 16.7 Å². The Labute approximate surface area is 188 Å². The van der Waals surface area contributed by atoms with Gasteiger partial charge in [0.25, 0.3) is 0 Å². The average Bonchev–Trinajstić information content (AvgIpc) is 3.34. The summed E-state index contributed by atoms with van der Waals surface area (Å²) >= 11 is 0. The van der Waals surface area contributed by atoms with Crippen molar-refractivity contribution >= 4 is 11.0 Å². The van der Waals surface area contributed by atoms with Gasteiger partial charge in [-0.1, -0.05) is 35.9 Å². The molecule has 5 rings (SSSR count). The summed E-state index contributed by atoms with van der Waals surface area (Å²) in [6.07, 6.45) is 3.61. The number of aryl methyl sites for hydroxylation is 3. The van der Waals surface area contributed by atoms with Gasteiger partial charge < -0.3 is 9.13 Å². The monoisotopic (exact) mass is 571 g/mol. The van der Waals surface area contributed by atoms with Gasteiger partial charge in [0.05, 0.1) is 12.2 Å². The molecule has 0 aliphatic rings. The quantitative estimate of drug-likeness (QED) is 0.287. The summed E-state index contributed by atoms with van der Waals surface area (Å²) in [7, 11) is 0. The second-order valence-electron chi connectivity index (χ2n) is 7.34. The van der Waals surface area contributed by atoms with E-state index in [-0.39, 0.29) is 20.1 Å². The molecule has 0 aliphatic carbocycles. The van der Waals surface area contributed by atoms with Crippen molar-refractivity contribution in [2.24, 2.45) is 0 Å². The van der Waals surface area contributed by atoms with Crippen LogP contribution in [-0.2, 0) is 20.1 Å². The van der Waals surface area contributed by atoms with Gasteiger partial charge in [-0.05, 0) is 49.5 Å². The fourth-order valence-electron chi connectivity index (χ4n) is 4.01. The first-order chi connectivity index (χ1) is 14.1. The van der Waals surface area contributed by atoms with Gasteiger partial charge in [0.2, 0.25) is 0 Å². The van der Waals surface area contributed by atoms with Crippen molar-refractivity contribution < 1.29 is 20.1 Å². The Morgan fingerprint density at radius 2 is 1.60 bits per heavy atom. The molecule has 0 unspecified atom stereocenters. The third-order valence-electron chi connectivity index (χ3n) is 5.18. The van der Waals surface area contributed by atoms with Gasteiger partial charge in [-0.25, -0.2) is 0 Å². The van der Waals surface area contributed by atoms with E-state index in [4.69, 9.17) is 0 Å². The predicted molar refractivity (Wildman–Crippen MR) is 114 cm³/mol. The number of fused-ring (bicyclic) bond motifs is 1. The van der Waals surface area contributed by atoms with Gasteiger partial charge in [0.15, 0.2) is 0 Å². The van der Waals surface area contributed by atoms with E-state index in [1.807, 2.05) is 41.2 Å². The average molecular weight is 571 g/mol. The number of rotatable bonds is 3. The molecule has 0 saturated carbocycles. The molecule has 0 bridgehead atoms. The molecule has 0 atom stereocenters. The molecule has 0 spiro atoms. The van der Waals surface area contributed by atoms with Crippen LogP contribution in [-0.4, -0.2) is 24.3 Å². The molecular weight excluding hydrogens is 551 g/mol. The molecule has 2 heterocycles. The Hall–Kier alpha value is -3.08. The molecule has 0 fully saturated rings. The molecule has 3 aromatic carbocycles. The Morgan fingerprint density at radius 3 is 2.33 bits per heavy atom. The van der Waals surface area contributed by atoms with Gasteiger partial charge in [0, 0.05) is 37.0 Å². The molecule has 0 aliphatic heterocycles. The fraction of sp³-hybridized carbons (Fsp3) is 0.125. The van der Waals surface area contributed by atoms with Crippen LogP contribution < -0.4 is 0 Å². The minimum atomic E-state index is 0. The zero-order valence-corrected chi connectivity index (χ0v) is 19.3. The number of imidazole rings is 1. The van der Waals surface area contributed by atoms with E-state index in [1.54, 1.807) is 6.33 Å². The van der Waals surface area contributed by atoms with Crippen molar-refractivity contribution in [1.29, 1.82) is 0 Å². The van der Waals surface area contributed by atoms with Crippen LogP contribution in [0.25, 0.3) is 33.8 Å². The third-order valence-corrected chi connectivity index (χ3v) is 5.18. The summed E-state index contributed by atoms with van der Waals surface area (Å²) in [4.78, 5) is 4.60. The number of para-hydroxylation sites is 1. The van der Waals surface area contributed by atoms with E-state index < -0.39 is 0 Å². The van der Waals surface area contributed by atoms with Crippen molar-refractivity contribution in [2.45, 2.75) is 20.8 Å². The molecule has 5 aromatic rings. The van der Waals surface area contributed by atoms with Crippen LogP contribution in [0.5, 0.6) is 0 Å². The predicted octanol–water partition coefficient (Wildman–Crippen LogP) is 5.00. The summed E-state index contributed by atoms with van der Waals surface area (Å²) in [5.41, 5.74) is 8.59. The number of hydrogen-bond donors (Lipinski definition) is 0. The van der Waals surface area contributed by atoms with Crippen LogP contribution in [0.4, 0.5) is 0 Å². The molecular formula is C24H20IrN5-. The molecule has 30 heavy (non-hydrogen) atoms. The maximum Gasteiger partial charge on any atom is 0.114 e. The van der Waals surface area contributed by atoms with Crippen LogP contribution in [0, 0.1) is 26.8 Å². The Bertz CT molecular complexity index is 1310. The Morgan fingerprint density at radius 1 is 0.867 bits per heavy atom. The van der Waals surface area contributed by atoms with Gasteiger partial charge in [-0.3, -0.25) is 4.98 Å². The minimum Gasteiger partial charge on any atom is -0.340 e. The summed E-state index contributed by atoms with van der Waals surface area (Å²) < 4.78 is 4.10. The van der Waals surface area contributed by atoms with Gasteiger partial charge >= 0.3 is 0 Å². The normalized spacial score (nSPS) is 10.9. The SMILES string of the molecule is Cc1cc(C)c(-n2cnnc2-c2[c-]cc3c(c2)ncn3-c2ccccc2)c(C)c1.[Ir]. The first kappa shape index (κ1) is 20.2. The van der Waals surface area contributed by atoms with Crippen LogP contribution in [0.2, 0.25) is 0 Å². The van der Waals surface area contributed by atoms with Crippen molar-refractivity contribution in [3.63, 3.8) is 0 Å². The summed E-state index contributed by atoms with van der Waals surface area (Å²) in [6.45, 7) is 6.35. The van der Waals surface area contributed by atoms with Gasteiger partial charge in [0.1, 0.15) is 6.33 Å². The molecule has 6 heteroatoms. The zero-order valence-electron chi connectivity index (χ0n) is 16.9. The first-order valence-electron chi connectivity index (χ1n) is 9.54. The number of aromatic nitrogens is 5. The van der Waals surface area contributed by atoms with Gasteiger partial charge in [-0.2, -0.15) is 5.10 Å². The summed E-state index contributed by atoms with van der Waals surface area (Å²) in [5, 5.41) is 8.57. The van der Waals surface area contributed by atoms with E-state index >= 15 is 0 Å². The topological polar surface area (TPSA) is 48.5 Å². The minimum absolute atomic E-state index is 0. The number of benzene rings is 3. The smallest absolute Gasteiger partial charge is 0.114 e. The fourth-order valence-corrected chi connectivity index (χ4v) is 4.01. The maximum absolute atomic E-state index is 4.60. The van der Waals surface area contributed by atoms with Crippen molar-refractivity contribution in [3.05, 3.63) is 90.0 Å². The van der Waals surface area contributed by atoms with E-state index in [2.05, 4.69) is 70.9 Å². The Balaban J connectivity index is 0.00000218. The number of hydrogen-bond acceptors (Lipinski definition) is 3. The van der Waals surface area contributed by atoms with Crippen LogP contribution in [0.1, 0.15) is 16.7 Å². The standard InChI is InChI=1S/C24H20N5.Ir/c1-16-11-17(2)23(18(3)12-16)29-15-26-27-24(29)19-9-10-22-21(13-19)25-14-28(22)20-7-5-4-6-8-20;/h4-8,10-15H,1-3H3;/q-1;. The second-order valence-corrected chi connectivity index (χ2v) is 7.34. The van der Waals surface area contributed by atoms with Crippen LogP contribution >= 0.6 is 0 Å². The first-order valence-corrected chi connectivity index (χ1v) is 9.54. The maximum atomic E-state index is 4.60. The van der Waals surface area contributed by atoms with E-state index in [0.717, 1.165) is 33.8 Å². The van der Waals surface area contributed by atoms with E-state index in [0.29, 0.717) is 0 Å². The molecule has 0 N–H and O–H groups in total. The van der Waals surface area contributed by atoms with Crippen molar-refractivity contribution in [1.82, 2.24) is 24.3 Å². The largest absolute Gasteiger partial charge is 0.340 e. The van der Waals surface area contributed by atoms with Crippen molar-refractivity contribution in [3.8, 4) is 22.8 Å². The number of nitrogens with zero attached hydrogens (tertiary/aromatic N) is 5.